The number of benzene rings is 3. The maximum Gasteiger partial charge on any atom is 0.295 e. The summed E-state index contributed by atoms with van der Waals surface area (Å²) in [7, 11) is 0. The number of hydrogen-bond donors (Lipinski definition) is 1. The molecule has 3 aromatic carbocycles. The lowest BCUT2D eigenvalue weighted by Gasteiger charge is -2.28. The minimum Gasteiger partial charge on any atom is -0.507 e. The third kappa shape index (κ3) is 6.94. The SMILES string of the molecule is CCOc1ccc(C(O)=C2C(=O)C(=O)N(CCN(CC)CC)C2c2ccc(OCc3ccccc3)c(OCC)c2)cc1. The summed E-state index contributed by atoms with van der Waals surface area (Å²) in [5.74, 6) is 0.125. The van der Waals surface area contributed by atoms with E-state index < -0.39 is 17.7 Å². The summed E-state index contributed by atoms with van der Waals surface area (Å²) >= 11 is 0. The Hall–Kier alpha value is -4.30. The molecule has 1 fully saturated rings. The molecule has 0 spiro atoms. The summed E-state index contributed by atoms with van der Waals surface area (Å²) in [6.45, 7) is 11.7. The van der Waals surface area contributed by atoms with Crippen molar-refractivity contribution in [3.05, 3.63) is 95.1 Å². The highest BCUT2D eigenvalue weighted by atomic mass is 16.5. The van der Waals surface area contributed by atoms with Crippen molar-refractivity contribution in [3.63, 3.8) is 0 Å². The molecular weight excluding hydrogens is 532 g/mol. The van der Waals surface area contributed by atoms with Gasteiger partial charge in [0.15, 0.2) is 11.5 Å². The average molecular weight is 573 g/mol. The van der Waals surface area contributed by atoms with Gasteiger partial charge in [0.25, 0.3) is 11.7 Å². The van der Waals surface area contributed by atoms with Crippen molar-refractivity contribution in [3.8, 4) is 17.2 Å². The van der Waals surface area contributed by atoms with E-state index in [1.165, 1.54) is 0 Å². The Morgan fingerprint density at radius 1 is 0.833 bits per heavy atom. The van der Waals surface area contributed by atoms with Crippen LogP contribution in [0.2, 0.25) is 0 Å². The van der Waals surface area contributed by atoms with Crippen LogP contribution in [-0.2, 0) is 16.2 Å². The van der Waals surface area contributed by atoms with Crippen LogP contribution in [0.15, 0.2) is 78.4 Å². The summed E-state index contributed by atoms with van der Waals surface area (Å²) in [6.07, 6.45) is 0. The smallest absolute Gasteiger partial charge is 0.295 e. The van der Waals surface area contributed by atoms with E-state index in [4.69, 9.17) is 14.2 Å². The Kier molecular flexibility index (Phi) is 10.6. The van der Waals surface area contributed by atoms with Gasteiger partial charge in [0.05, 0.1) is 24.8 Å². The second-order valence-corrected chi connectivity index (χ2v) is 9.89. The minimum absolute atomic E-state index is 0.0455. The summed E-state index contributed by atoms with van der Waals surface area (Å²) < 4.78 is 17.6. The molecule has 1 aliphatic heterocycles. The minimum atomic E-state index is -0.797. The van der Waals surface area contributed by atoms with Crippen molar-refractivity contribution in [2.75, 3.05) is 39.4 Å². The molecule has 1 saturated heterocycles. The number of amides is 1. The van der Waals surface area contributed by atoms with Crippen LogP contribution in [0.3, 0.4) is 0 Å². The van der Waals surface area contributed by atoms with E-state index in [1.54, 1.807) is 41.3 Å². The van der Waals surface area contributed by atoms with Crippen molar-refractivity contribution in [1.29, 1.82) is 0 Å². The Bertz CT molecular complexity index is 1380. The largest absolute Gasteiger partial charge is 0.507 e. The molecule has 1 heterocycles. The molecule has 0 aromatic heterocycles. The monoisotopic (exact) mass is 572 g/mol. The number of Topliss-reactive ketones (excluding diaryl/α,β-unsaturated/α-hetero) is 1. The van der Waals surface area contributed by atoms with Gasteiger partial charge in [0.2, 0.25) is 0 Å². The van der Waals surface area contributed by atoms with Crippen molar-refractivity contribution in [1.82, 2.24) is 9.80 Å². The van der Waals surface area contributed by atoms with Gasteiger partial charge in [0, 0.05) is 18.7 Å². The van der Waals surface area contributed by atoms with E-state index in [0.717, 1.165) is 18.7 Å². The Balaban J connectivity index is 1.76. The van der Waals surface area contributed by atoms with Gasteiger partial charge in [-0.25, -0.2) is 0 Å². The van der Waals surface area contributed by atoms with E-state index in [9.17, 15) is 14.7 Å². The van der Waals surface area contributed by atoms with Crippen LogP contribution in [-0.4, -0.2) is 66.0 Å². The molecule has 8 nitrogen and oxygen atoms in total. The predicted octanol–water partition coefficient (Wildman–Crippen LogP) is 5.83. The molecule has 222 valence electrons. The lowest BCUT2D eigenvalue weighted by molar-refractivity contribution is -0.140. The number of likely N-dealkylation sites (N-methyl/N-ethyl adjacent to an activating group) is 1. The average Bonchev–Trinajstić information content (AvgIpc) is 3.27. The molecule has 4 rings (SSSR count). The van der Waals surface area contributed by atoms with Gasteiger partial charge in [-0.3, -0.25) is 9.59 Å². The molecule has 8 heteroatoms. The van der Waals surface area contributed by atoms with Crippen molar-refractivity contribution >= 4 is 17.4 Å². The number of hydrogen-bond acceptors (Lipinski definition) is 7. The van der Waals surface area contributed by atoms with Gasteiger partial charge in [-0.2, -0.15) is 0 Å². The molecule has 1 aliphatic rings. The number of aliphatic hydroxyl groups excluding tert-OH is 1. The Morgan fingerprint density at radius 3 is 2.17 bits per heavy atom. The van der Waals surface area contributed by atoms with E-state index in [0.29, 0.717) is 61.3 Å². The molecule has 1 atom stereocenters. The molecule has 0 bridgehead atoms. The fourth-order valence-corrected chi connectivity index (χ4v) is 5.09. The van der Waals surface area contributed by atoms with Crippen LogP contribution < -0.4 is 14.2 Å². The Labute approximate surface area is 248 Å². The number of nitrogens with zero attached hydrogens (tertiary/aromatic N) is 2. The topological polar surface area (TPSA) is 88.5 Å². The highest BCUT2D eigenvalue weighted by Crippen LogP contribution is 2.42. The van der Waals surface area contributed by atoms with Crippen molar-refractivity contribution in [2.24, 2.45) is 0 Å². The third-order valence-corrected chi connectivity index (χ3v) is 7.35. The van der Waals surface area contributed by atoms with Gasteiger partial charge in [-0.15, -0.1) is 0 Å². The number of ether oxygens (including phenoxy) is 3. The standard InChI is InChI=1S/C34H40N2O6/c1-5-35(6-2)20-21-36-31(30(33(38)34(36)39)32(37)25-14-17-27(18-15-25)40-7-3)26-16-19-28(29(22-26)41-8-4)42-23-24-12-10-9-11-13-24/h9-19,22,31,37H,5-8,20-21,23H2,1-4H3. The van der Waals surface area contributed by atoms with Crippen LogP contribution in [0.4, 0.5) is 0 Å². The van der Waals surface area contributed by atoms with Crippen LogP contribution in [0.5, 0.6) is 17.2 Å². The molecular formula is C34H40N2O6. The lowest BCUT2D eigenvalue weighted by Crippen LogP contribution is -2.38. The van der Waals surface area contributed by atoms with Gasteiger partial charge >= 0.3 is 0 Å². The van der Waals surface area contributed by atoms with E-state index in [-0.39, 0.29) is 11.3 Å². The van der Waals surface area contributed by atoms with Crippen LogP contribution in [0.1, 0.15) is 50.4 Å². The Morgan fingerprint density at radius 2 is 1.52 bits per heavy atom. The number of rotatable bonds is 14. The van der Waals surface area contributed by atoms with Gasteiger partial charge in [-0.05, 0) is 74.5 Å². The second-order valence-electron chi connectivity index (χ2n) is 9.89. The highest BCUT2D eigenvalue weighted by molar-refractivity contribution is 6.46. The third-order valence-electron chi connectivity index (χ3n) is 7.35. The molecule has 1 amide bonds. The highest BCUT2D eigenvalue weighted by Gasteiger charge is 2.46. The number of carbonyl (C=O) groups is 2. The summed E-state index contributed by atoms with van der Waals surface area (Å²) in [5.41, 5.74) is 2.14. The van der Waals surface area contributed by atoms with E-state index >= 15 is 0 Å². The fourth-order valence-electron chi connectivity index (χ4n) is 5.09. The van der Waals surface area contributed by atoms with Crippen molar-refractivity contribution < 1.29 is 28.9 Å². The molecule has 3 aromatic rings. The predicted molar refractivity (Wildman–Crippen MR) is 163 cm³/mol. The summed E-state index contributed by atoms with van der Waals surface area (Å²) in [4.78, 5) is 30.7. The normalized spacial score (nSPS) is 16.2. The van der Waals surface area contributed by atoms with Gasteiger partial charge in [0.1, 0.15) is 18.1 Å². The molecule has 0 radical (unpaired) electrons. The molecule has 0 saturated carbocycles. The molecule has 0 aliphatic carbocycles. The maximum atomic E-state index is 13.5. The zero-order chi connectivity index (χ0) is 30.1. The van der Waals surface area contributed by atoms with E-state index in [2.05, 4.69) is 18.7 Å². The number of aliphatic hydroxyl groups is 1. The molecule has 42 heavy (non-hydrogen) atoms. The first kappa shape index (κ1) is 30.7. The first-order valence-corrected chi connectivity index (χ1v) is 14.6. The van der Waals surface area contributed by atoms with E-state index in [1.807, 2.05) is 50.2 Å². The molecule has 1 unspecified atom stereocenters. The lowest BCUT2D eigenvalue weighted by atomic mass is 9.95. The van der Waals surface area contributed by atoms with Gasteiger partial charge in [-0.1, -0.05) is 50.2 Å². The first-order chi connectivity index (χ1) is 20.4. The number of likely N-dealkylation sites (tertiary alicyclic amines) is 1. The summed E-state index contributed by atoms with van der Waals surface area (Å²) in [5, 5.41) is 11.5. The second kappa shape index (κ2) is 14.5. The van der Waals surface area contributed by atoms with Gasteiger partial charge < -0.3 is 29.1 Å². The van der Waals surface area contributed by atoms with Crippen LogP contribution in [0, 0.1) is 0 Å². The van der Waals surface area contributed by atoms with Crippen LogP contribution >= 0.6 is 0 Å². The fraction of sp³-hybridized carbons (Fsp3) is 0.353. The van der Waals surface area contributed by atoms with Crippen molar-refractivity contribution in [2.45, 2.75) is 40.3 Å². The quantitative estimate of drug-likeness (QED) is 0.148. The number of ketones is 1. The first-order valence-electron chi connectivity index (χ1n) is 14.6. The maximum absolute atomic E-state index is 13.5. The zero-order valence-electron chi connectivity index (χ0n) is 24.8. The number of carbonyl (C=O) groups excluding carboxylic acids is 2. The summed E-state index contributed by atoms with van der Waals surface area (Å²) in [6, 6.07) is 21.3. The zero-order valence-corrected chi connectivity index (χ0v) is 24.8. The molecule has 1 N–H and O–H groups in total. The van der Waals surface area contributed by atoms with Crippen LogP contribution in [0.25, 0.3) is 5.76 Å².